The molecular weight excluding hydrogens is 489 g/mol. The van der Waals surface area contributed by atoms with Gasteiger partial charge in [-0.1, -0.05) is 60.7 Å². The molecule has 190 valence electrons. The molecule has 0 spiro atoms. The van der Waals surface area contributed by atoms with Crippen molar-refractivity contribution in [1.29, 1.82) is 0 Å². The molecule has 0 saturated heterocycles. The fourth-order valence-electron chi connectivity index (χ4n) is 4.66. The molecule has 1 N–H and O–H groups in total. The Morgan fingerprint density at radius 1 is 1.05 bits per heavy atom. The van der Waals surface area contributed by atoms with Gasteiger partial charge in [-0.2, -0.15) is 0 Å². The molecule has 1 atom stereocenters. The van der Waals surface area contributed by atoms with Crippen LogP contribution in [-0.4, -0.2) is 36.9 Å². The molecule has 6 nitrogen and oxygen atoms in total. The number of hydrogen-bond acceptors (Lipinski definition) is 4. The Hall–Kier alpha value is -3.62. The summed E-state index contributed by atoms with van der Waals surface area (Å²) in [6.45, 7) is -0.0301. The Labute approximate surface area is 216 Å². The number of hydrogen-bond donors (Lipinski definition) is 1. The molecule has 37 heavy (non-hydrogen) atoms. The van der Waals surface area contributed by atoms with Crippen LogP contribution in [0.3, 0.4) is 0 Å². The molecule has 1 aliphatic carbocycles. The number of pyridine rings is 1. The zero-order chi connectivity index (χ0) is 26.2. The van der Waals surface area contributed by atoms with Crippen molar-refractivity contribution in [3.8, 4) is 11.3 Å². The average molecular weight is 518 g/mol. The molecule has 1 fully saturated rings. The lowest BCUT2D eigenvalue weighted by Crippen LogP contribution is -2.32. The van der Waals surface area contributed by atoms with Gasteiger partial charge in [0.25, 0.3) is 5.91 Å². The Bertz CT molecular complexity index is 1570. The summed E-state index contributed by atoms with van der Waals surface area (Å²) in [6.07, 6.45) is 3.02. The summed E-state index contributed by atoms with van der Waals surface area (Å²) in [7, 11) is -2.05. The summed E-state index contributed by atoms with van der Waals surface area (Å²) in [6, 6.07) is 22.7. The van der Waals surface area contributed by atoms with Crippen LogP contribution in [0.1, 0.15) is 40.4 Å². The van der Waals surface area contributed by atoms with Crippen molar-refractivity contribution in [3.05, 3.63) is 101 Å². The molecule has 0 unspecified atom stereocenters. The van der Waals surface area contributed by atoms with E-state index in [1.807, 2.05) is 60.7 Å². The van der Waals surface area contributed by atoms with Crippen LogP contribution >= 0.6 is 0 Å². The number of rotatable bonds is 8. The molecule has 0 aliphatic heterocycles. The maximum Gasteiger partial charge on any atom is 0.252 e. The van der Waals surface area contributed by atoms with Gasteiger partial charge in [0.05, 0.1) is 29.1 Å². The summed E-state index contributed by atoms with van der Waals surface area (Å²) in [5, 5.41) is 3.79. The van der Waals surface area contributed by atoms with Crippen molar-refractivity contribution in [2.75, 3.05) is 13.3 Å². The number of amides is 1. The van der Waals surface area contributed by atoms with Crippen LogP contribution in [0.15, 0.2) is 78.9 Å². The number of benzene rings is 3. The molecule has 1 amide bonds. The molecule has 4 aromatic rings. The molecule has 0 radical (unpaired) electrons. The summed E-state index contributed by atoms with van der Waals surface area (Å²) < 4.78 is 40.1. The Balaban J connectivity index is 1.69. The highest BCUT2D eigenvalue weighted by atomic mass is 32.2. The third-order valence-corrected chi connectivity index (χ3v) is 8.06. The minimum atomic E-state index is -3.54. The van der Waals surface area contributed by atoms with Gasteiger partial charge in [-0.15, -0.1) is 0 Å². The highest BCUT2D eigenvalue weighted by Gasteiger charge is 2.35. The number of nitrogens with one attached hydrogen (secondary N) is 1. The monoisotopic (exact) mass is 517 g/mol. The van der Waals surface area contributed by atoms with Crippen molar-refractivity contribution in [1.82, 2.24) is 14.6 Å². The predicted molar refractivity (Wildman–Crippen MR) is 143 cm³/mol. The molecule has 8 heteroatoms. The molecule has 0 bridgehead atoms. The number of carbonyl (C=O) groups excluding carboxylic acids is 1. The lowest BCUT2D eigenvalue weighted by Gasteiger charge is -2.24. The van der Waals surface area contributed by atoms with Crippen molar-refractivity contribution in [2.45, 2.75) is 25.4 Å². The van der Waals surface area contributed by atoms with Crippen LogP contribution in [-0.2, 0) is 16.6 Å². The quantitative estimate of drug-likeness (QED) is 0.343. The van der Waals surface area contributed by atoms with Crippen molar-refractivity contribution in [3.63, 3.8) is 0 Å². The van der Waals surface area contributed by atoms with Gasteiger partial charge in [-0.25, -0.2) is 22.1 Å². The lowest BCUT2D eigenvalue weighted by molar-refractivity contribution is 0.0931. The normalized spacial score (nSPS) is 14.6. The van der Waals surface area contributed by atoms with Crippen molar-refractivity contribution < 1.29 is 17.6 Å². The minimum Gasteiger partial charge on any atom is -0.345 e. The van der Waals surface area contributed by atoms with E-state index in [-0.39, 0.29) is 30.2 Å². The molecule has 1 saturated carbocycles. The largest absolute Gasteiger partial charge is 0.345 e. The van der Waals surface area contributed by atoms with E-state index >= 15 is 0 Å². The first-order valence-corrected chi connectivity index (χ1v) is 14.0. The summed E-state index contributed by atoms with van der Waals surface area (Å²) in [4.78, 5) is 19.0. The van der Waals surface area contributed by atoms with E-state index in [0.717, 1.165) is 24.7 Å². The first-order chi connectivity index (χ1) is 17.7. The van der Waals surface area contributed by atoms with E-state index in [9.17, 15) is 17.6 Å². The average Bonchev–Trinajstić information content (AvgIpc) is 3.72. The number of fused-ring (bicyclic) bond motifs is 1. The van der Waals surface area contributed by atoms with Gasteiger partial charge < -0.3 is 5.32 Å². The lowest BCUT2D eigenvalue weighted by atomic mass is 9.95. The number of halogens is 1. The molecule has 1 aromatic heterocycles. The van der Waals surface area contributed by atoms with Crippen LogP contribution in [0, 0.1) is 11.7 Å². The maximum absolute atomic E-state index is 14.1. The fraction of sp³-hybridized carbons (Fsp3) is 0.241. The second-order valence-corrected chi connectivity index (χ2v) is 11.6. The second-order valence-electron chi connectivity index (χ2n) is 9.56. The van der Waals surface area contributed by atoms with Crippen LogP contribution in [0.4, 0.5) is 4.39 Å². The van der Waals surface area contributed by atoms with Crippen LogP contribution in [0.5, 0.6) is 0 Å². The molecular formula is C29H28FN3O3S. The van der Waals surface area contributed by atoms with E-state index in [0.29, 0.717) is 33.3 Å². The van der Waals surface area contributed by atoms with Gasteiger partial charge in [0.2, 0.25) is 10.0 Å². The van der Waals surface area contributed by atoms with Gasteiger partial charge in [0, 0.05) is 30.1 Å². The zero-order valence-electron chi connectivity index (χ0n) is 20.7. The highest BCUT2D eigenvalue weighted by Crippen LogP contribution is 2.42. The SMILES string of the molecule is CN(Cc1c(-c2ccccc2)nc2ccccc2c1C(=O)N[C@H](c1cccc(F)c1)C1CC1)S(C)(=O)=O. The van der Waals surface area contributed by atoms with Gasteiger partial charge in [-0.3, -0.25) is 4.79 Å². The molecule has 1 aliphatic rings. The number of aromatic nitrogens is 1. The van der Waals surface area contributed by atoms with E-state index in [1.54, 1.807) is 6.07 Å². The summed E-state index contributed by atoms with van der Waals surface area (Å²) >= 11 is 0. The first kappa shape index (κ1) is 25.0. The van der Waals surface area contributed by atoms with Crippen molar-refractivity contribution in [2.24, 2.45) is 5.92 Å². The molecule has 5 rings (SSSR count). The van der Waals surface area contributed by atoms with Crippen LogP contribution in [0.2, 0.25) is 0 Å². The Morgan fingerprint density at radius 2 is 1.76 bits per heavy atom. The zero-order valence-corrected chi connectivity index (χ0v) is 21.5. The maximum atomic E-state index is 14.1. The van der Waals surface area contributed by atoms with Crippen LogP contribution in [0.25, 0.3) is 22.2 Å². The third-order valence-electron chi connectivity index (χ3n) is 6.80. The van der Waals surface area contributed by atoms with Gasteiger partial charge >= 0.3 is 0 Å². The molecule has 3 aromatic carbocycles. The Kier molecular flexibility index (Phi) is 6.79. The summed E-state index contributed by atoms with van der Waals surface area (Å²) in [5.74, 6) is -0.475. The van der Waals surface area contributed by atoms with E-state index in [4.69, 9.17) is 4.98 Å². The Morgan fingerprint density at radius 3 is 2.43 bits per heavy atom. The van der Waals surface area contributed by atoms with Gasteiger partial charge in [0.15, 0.2) is 0 Å². The number of carbonyl (C=O) groups is 1. The topological polar surface area (TPSA) is 79.4 Å². The van der Waals surface area contributed by atoms with E-state index in [1.165, 1.54) is 23.5 Å². The van der Waals surface area contributed by atoms with Gasteiger partial charge in [0.1, 0.15) is 5.82 Å². The second kappa shape index (κ2) is 10.0. The van der Waals surface area contributed by atoms with Crippen LogP contribution < -0.4 is 5.32 Å². The summed E-state index contributed by atoms with van der Waals surface area (Å²) in [5.41, 5.74) is 3.57. The van der Waals surface area contributed by atoms with E-state index in [2.05, 4.69) is 5.32 Å². The minimum absolute atomic E-state index is 0.0301. The first-order valence-electron chi connectivity index (χ1n) is 12.2. The standard InChI is InChI=1S/C29H28FN3O3S/c1-33(37(2,35)36)18-24-26(29(34)32-27(20-15-16-20)21-11-8-12-22(30)17-21)23-13-6-7-14-25(23)31-28(24)19-9-4-3-5-10-19/h3-14,17,20,27H,15-16,18H2,1-2H3,(H,32,34)/t27-/m0/s1. The fourth-order valence-corrected chi connectivity index (χ4v) is 5.02. The molecule has 1 heterocycles. The van der Waals surface area contributed by atoms with Gasteiger partial charge in [-0.05, 0) is 42.5 Å². The number of para-hydroxylation sites is 1. The smallest absolute Gasteiger partial charge is 0.252 e. The number of nitrogens with zero attached hydrogens (tertiary/aromatic N) is 2. The third kappa shape index (κ3) is 5.40. The predicted octanol–water partition coefficient (Wildman–Crippen LogP) is 5.31. The highest BCUT2D eigenvalue weighted by molar-refractivity contribution is 7.88. The number of sulfonamides is 1. The van der Waals surface area contributed by atoms with E-state index < -0.39 is 10.0 Å². The van der Waals surface area contributed by atoms with Crippen molar-refractivity contribution >= 4 is 26.8 Å².